The number of rotatable bonds is 1. The predicted octanol–water partition coefficient (Wildman–Crippen LogP) is 2.01. The fourth-order valence-electron chi connectivity index (χ4n) is 1.55. The van der Waals surface area contributed by atoms with Gasteiger partial charge in [-0.25, -0.2) is 0 Å². The zero-order valence-electron chi connectivity index (χ0n) is 8.59. The summed E-state index contributed by atoms with van der Waals surface area (Å²) < 4.78 is 5.27. The van der Waals surface area contributed by atoms with Crippen molar-refractivity contribution in [1.29, 1.82) is 5.39 Å². The van der Waals surface area contributed by atoms with Gasteiger partial charge in [0.05, 0.1) is 13.2 Å². The molecule has 1 heterocycles. The number of anilines is 1. The van der Waals surface area contributed by atoms with Crippen molar-refractivity contribution in [2.75, 3.05) is 31.2 Å². The van der Waals surface area contributed by atoms with Crippen molar-refractivity contribution < 1.29 is 24.2 Å². The molecule has 5 heteroatoms. The van der Waals surface area contributed by atoms with E-state index in [-0.39, 0.29) is 19.5 Å². The molecule has 1 fully saturated rings. The first-order valence-electron chi connectivity index (χ1n) is 4.68. The topological polar surface area (TPSA) is 40.6 Å². The molecule has 0 saturated carbocycles. The van der Waals surface area contributed by atoms with Crippen molar-refractivity contribution in [3.63, 3.8) is 0 Å². The maximum Gasteiger partial charge on any atom is 2.00 e. The molecule has 0 atom stereocenters. The summed E-state index contributed by atoms with van der Waals surface area (Å²) in [5.41, 5.74) is 1.74. The molecule has 0 radical (unpaired) electrons. The molecule has 1 aromatic carbocycles. The van der Waals surface area contributed by atoms with E-state index in [9.17, 15) is 0 Å². The van der Waals surface area contributed by atoms with Gasteiger partial charge in [-0.1, -0.05) is 0 Å². The summed E-state index contributed by atoms with van der Waals surface area (Å²) in [6, 6.07) is 7.51. The summed E-state index contributed by atoms with van der Waals surface area (Å²) in [7, 11) is 0. The molecule has 0 aromatic heterocycles. The Morgan fingerprint density at radius 1 is 1.13 bits per heavy atom. The number of benzene rings is 1. The van der Waals surface area contributed by atoms with Gasteiger partial charge in [-0.2, -0.15) is 0 Å². The molecule has 0 spiro atoms. The van der Waals surface area contributed by atoms with Gasteiger partial charge in [-0.15, -0.1) is 0 Å². The van der Waals surface area contributed by atoms with Crippen LogP contribution in [0.2, 0.25) is 0 Å². The average molecular weight is 256 g/mol. The molecule has 72 valence electrons. The summed E-state index contributed by atoms with van der Waals surface area (Å²) >= 11 is 0. The van der Waals surface area contributed by atoms with Crippen LogP contribution >= 0.6 is 0 Å². The Labute approximate surface area is 102 Å². The van der Waals surface area contributed by atoms with Gasteiger partial charge in [-0.3, -0.25) is 0 Å². The van der Waals surface area contributed by atoms with Gasteiger partial charge in [0.25, 0.3) is 0 Å². The third kappa shape index (κ3) is 2.99. The zero-order chi connectivity index (χ0) is 9.80. The van der Waals surface area contributed by atoms with Crippen LogP contribution in [-0.2, 0) is 24.2 Å². The van der Waals surface area contributed by atoms with Crippen LogP contribution in [0.3, 0.4) is 0 Å². The van der Waals surface area contributed by atoms with Crippen LogP contribution < -0.4 is 4.90 Å². The summed E-state index contributed by atoms with van der Waals surface area (Å²) in [5.74, 6) is 0. The maximum absolute atomic E-state index is 8.53. The van der Waals surface area contributed by atoms with Gasteiger partial charge >= 0.3 is 25.2 Å². The Morgan fingerprint density at radius 2 is 1.73 bits per heavy atom. The molecule has 0 amide bonds. The van der Waals surface area contributed by atoms with Crippen LogP contribution in [-0.4, -0.2) is 26.3 Å². The quantitative estimate of drug-likeness (QED) is 0.569. The first kappa shape index (κ1) is 12.1. The first-order chi connectivity index (χ1) is 6.90. The van der Waals surface area contributed by atoms with E-state index in [4.69, 9.17) is 10.1 Å². The molecule has 0 bridgehead atoms. The average Bonchev–Trinajstić information content (AvgIpc) is 2.30. The third-order valence-electron chi connectivity index (χ3n) is 2.34. The largest absolute Gasteiger partial charge is 2.00 e. The second-order valence-corrected chi connectivity index (χ2v) is 3.22. The van der Waals surface area contributed by atoms with Crippen molar-refractivity contribution in [2.24, 2.45) is 0 Å². The summed E-state index contributed by atoms with van der Waals surface area (Å²) in [6.07, 6.45) is 0. The standard InChI is InChI=1S/C10H12N3O.Zn/c11-12-9-1-3-10(4-2-9)13-5-7-14-8-6-13;/h1-4H,5-8H2;/q+1;+2. The number of hydrogen-bond donors (Lipinski definition) is 0. The van der Waals surface area contributed by atoms with Crippen molar-refractivity contribution >= 4 is 11.4 Å². The van der Waals surface area contributed by atoms with E-state index in [1.165, 1.54) is 0 Å². The second kappa shape index (κ2) is 5.80. The first-order valence-corrected chi connectivity index (χ1v) is 4.68. The van der Waals surface area contributed by atoms with Crippen LogP contribution in [0, 0.1) is 5.39 Å². The SMILES string of the molecule is N#[N+]c1ccc(N2CCOCC2)cc1.[Zn+2]. The summed E-state index contributed by atoms with van der Waals surface area (Å²) in [6.45, 7) is 3.42. The summed E-state index contributed by atoms with van der Waals surface area (Å²) in [4.78, 5) is 5.37. The number of diazo groups is 1. The third-order valence-corrected chi connectivity index (χ3v) is 2.34. The second-order valence-electron chi connectivity index (χ2n) is 3.22. The van der Waals surface area contributed by atoms with Crippen LogP contribution in [0.25, 0.3) is 4.98 Å². The van der Waals surface area contributed by atoms with E-state index in [0.29, 0.717) is 5.69 Å². The maximum atomic E-state index is 8.53. The molecular weight excluding hydrogens is 244 g/mol. The number of morpholine rings is 1. The molecular formula is C10H12N3OZn+3. The Bertz CT molecular complexity index is 341. The van der Waals surface area contributed by atoms with Gasteiger partial charge in [-0.05, 0) is 12.1 Å². The van der Waals surface area contributed by atoms with Crippen molar-refractivity contribution in [2.45, 2.75) is 0 Å². The molecule has 1 saturated heterocycles. The number of ether oxygens (including phenoxy) is 1. The minimum atomic E-state index is 0. The van der Waals surface area contributed by atoms with Gasteiger partial charge < -0.3 is 9.64 Å². The Morgan fingerprint density at radius 3 is 2.27 bits per heavy atom. The Hall–Kier alpha value is -0.977. The van der Waals surface area contributed by atoms with Crippen molar-refractivity contribution in [3.05, 3.63) is 29.2 Å². The minimum Gasteiger partial charge on any atom is -0.378 e. The molecule has 4 nitrogen and oxygen atoms in total. The van der Waals surface area contributed by atoms with E-state index in [1.807, 2.05) is 12.1 Å². The number of nitrogens with zero attached hydrogens (tertiary/aromatic N) is 3. The molecule has 2 rings (SSSR count). The molecule has 0 N–H and O–H groups in total. The van der Waals surface area contributed by atoms with Crippen molar-refractivity contribution in [1.82, 2.24) is 0 Å². The van der Waals surface area contributed by atoms with Gasteiger partial charge in [0.1, 0.15) is 0 Å². The Kier molecular flexibility index (Phi) is 4.67. The zero-order valence-corrected chi connectivity index (χ0v) is 11.6. The van der Waals surface area contributed by atoms with Crippen LogP contribution in [0.15, 0.2) is 24.3 Å². The van der Waals surface area contributed by atoms with Crippen LogP contribution in [0.1, 0.15) is 0 Å². The predicted molar refractivity (Wildman–Crippen MR) is 54.2 cm³/mol. The number of hydrogen-bond acceptors (Lipinski definition) is 3. The van der Waals surface area contributed by atoms with Crippen molar-refractivity contribution in [3.8, 4) is 0 Å². The van der Waals surface area contributed by atoms with Crippen LogP contribution in [0.4, 0.5) is 11.4 Å². The molecule has 1 aliphatic heterocycles. The van der Waals surface area contributed by atoms with E-state index < -0.39 is 0 Å². The van der Waals surface area contributed by atoms with E-state index in [2.05, 4.69) is 9.88 Å². The monoisotopic (exact) mass is 254 g/mol. The van der Waals surface area contributed by atoms with E-state index in [1.54, 1.807) is 12.1 Å². The van der Waals surface area contributed by atoms with E-state index >= 15 is 0 Å². The van der Waals surface area contributed by atoms with Gasteiger partial charge in [0.15, 0.2) is 4.98 Å². The molecule has 1 aromatic rings. The fraction of sp³-hybridized carbons (Fsp3) is 0.400. The van der Waals surface area contributed by atoms with Gasteiger partial charge in [0, 0.05) is 30.9 Å². The molecule has 1 aliphatic rings. The normalized spacial score (nSPS) is 15.3. The fourth-order valence-corrected chi connectivity index (χ4v) is 1.55. The van der Waals surface area contributed by atoms with Gasteiger partial charge in [0.2, 0.25) is 5.39 Å². The molecule has 15 heavy (non-hydrogen) atoms. The molecule has 0 unspecified atom stereocenters. The van der Waals surface area contributed by atoms with E-state index in [0.717, 1.165) is 32.0 Å². The molecule has 0 aliphatic carbocycles. The Balaban J connectivity index is 0.00000112. The minimum absolute atomic E-state index is 0. The van der Waals surface area contributed by atoms with Crippen LogP contribution in [0.5, 0.6) is 0 Å². The summed E-state index contributed by atoms with van der Waals surface area (Å²) in [5, 5.41) is 8.53. The smallest absolute Gasteiger partial charge is 0.378 e.